The molecule has 2 atom stereocenters. The predicted molar refractivity (Wildman–Crippen MR) is 64.7 cm³/mol. The second-order valence-corrected chi connectivity index (χ2v) is 4.50. The average Bonchev–Trinajstić information content (AvgIpc) is 2.56. The van der Waals surface area contributed by atoms with Gasteiger partial charge in [-0.15, -0.1) is 0 Å². The van der Waals surface area contributed by atoms with Gasteiger partial charge in [0.2, 0.25) is 0 Å². The zero-order valence-corrected chi connectivity index (χ0v) is 9.90. The van der Waals surface area contributed by atoms with Crippen molar-refractivity contribution < 1.29 is 4.58 Å². The molecule has 0 bridgehead atoms. The molecule has 80 valence electrons. The van der Waals surface area contributed by atoms with Crippen molar-refractivity contribution in [1.82, 2.24) is 0 Å². The number of hydrogen-bond donors (Lipinski definition) is 0. The van der Waals surface area contributed by atoms with Crippen LogP contribution in [0.5, 0.6) is 0 Å². The highest BCUT2D eigenvalue weighted by atomic mass is 15.0. The van der Waals surface area contributed by atoms with Crippen molar-refractivity contribution in [2.24, 2.45) is 0 Å². The van der Waals surface area contributed by atoms with E-state index < -0.39 is 0 Å². The third kappa shape index (κ3) is 1.83. The standard InChI is InChI=1S/C14H20N/c1-4-14-13(10-11(2)15(14)3)12-8-6-5-7-9-12/h5-9,11,13H,4,10H2,1-3H3/q+1/t11-,13-/m1/s1. The van der Waals surface area contributed by atoms with Gasteiger partial charge in [-0.1, -0.05) is 37.3 Å². The zero-order valence-electron chi connectivity index (χ0n) is 9.90. The summed E-state index contributed by atoms with van der Waals surface area (Å²) in [6.07, 6.45) is 2.43. The molecule has 1 heterocycles. The van der Waals surface area contributed by atoms with Gasteiger partial charge >= 0.3 is 0 Å². The van der Waals surface area contributed by atoms with Crippen LogP contribution in [0.4, 0.5) is 0 Å². The van der Waals surface area contributed by atoms with Gasteiger partial charge in [0.05, 0.1) is 5.92 Å². The van der Waals surface area contributed by atoms with Gasteiger partial charge in [-0.2, -0.15) is 0 Å². The van der Waals surface area contributed by atoms with E-state index in [1.165, 1.54) is 18.4 Å². The Labute approximate surface area is 92.5 Å². The Morgan fingerprint density at radius 3 is 2.53 bits per heavy atom. The van der Waals surface area contributed by atoms with E-state index in [2.05, 4.69) is 55.8 Å². The van der Waals surface area contributed by atoms with E-state index in [1.54, 1.807) is 5.71 Å². The van der Waals surface area contributed by atoms with E-state index in [1.807, 2.05) is 0 Å². The Morgan fingerprint density at radius 1 is 1.27 bits per heavy atom. The maximum atomic E-state index is 2.46. The third-order valence-electron chi connectivity index (χ3n) is 3.66. The van der Waals surface area contributed by atoms with Gasteiger partial charge in [-0.3, -0.25) is 0 Å². The lowest BCUT2D eigenvalue weighted by Gasteiger charge is -2.07. The molecule has 1 aliphatic heterocycles. The SMILES string of the molecule is CCC1=[N+](C)[C@H](C)C[C@@H]1c1ccccc1. The number of benzene rings is 1. The molecule has 1 aliphatic rings. The van der Waals surface area contributed by atoms with Crippen LogP contribution in [0.3, 0.4) is 0 Å². The Bertz CT molecular complexity index is 364. The zero-order chi connectivity index (χ0) is 10.8. The van der Waals surface area contributed by atoms with Crippen LogP contribution in [-0.4, -0.2) is 23.4 Å². The number of hydrogen-bond acceptors (Lipinski definition) is 0. The summed E-state index contributed by atoms with van der Waals surface area (Å²) in [5, 5.41) is 0. The average molecular weight is 202 g/mol. The first-order valence-electron chi connectivity index (χ1n) is 5.87. The molecule has 15 heavy (non-hydrogen) atoms. The molecule has 0 aliphatic carbocycles. The highest BCUT2D eigenvalue weighted by molar-refractivity contribution is 5.87. The van der Waals surface area contributed by atoms with E-state index in [4.69, 9.17) is 0 Å². The van der Waals surface area contributed by atoms with Crippen molar-refractivity contribution in [2.75, 3.05) is 7.05 Å². The quantitative estimate of drug-likeness (QED) is 0.648. The number of nitrogens with zero attached hydrogens (tertiary/aromatic N) is 1. The fourth-order valence-corrected chi connectivity index (χ4v) is 2.67. The lowest BCUT2D eigenvalue weighted by atomic mass is 9.90. The molecular formula is C14H20N+. The topological polar surface area (TPSA) is 3.01 Å². The molecule has 0 radical (unpaired) electrons. The highest BCUT2D eigenvalue weighted by Gasteiger charge is 2.35. The summed E-state index contributed by atoms with van der Waals surface area (Å²) in [7, 11) is 2.23. The van der Waals surface area contributed by atoms with Gasteiger partial charge in [0, 0.05) is 12.8 Å². The first-order chi connectivity index (χ1) is 7.24. The van der Waals surface area contributed by atoms with Crippen LogP contribution in [0.25, 0.3) is 0 Å². The molecule has 1 aromatic carbocycles. The first-order valence-corrected chi connectivity index (χ1v) is 5.87. The molecule has 0 amide bonds. The number of rotatable bonds is 2. The second kappa shape index (κ2) is 4.18. The maximum absolute atomic E-state index is 2.46. The van der Waals surface area contributed by atoms with Crippen LogP contribution in [0, 0.1) is 0 Å². The van der Waals surface area contributed by atoms with Crippen LogP contribution in [0.15, 0.2) is 30.3 Å². The fourth-order valence-electron chi connectivity index (χ4n) is 2.67. The molecule has 0 unspecified atom stereocenters. The minimum Gasteiger partial charge on any atom is -0.237 e. The van der Waals surface area contributed by atoms with E-state index in [0.717, 1.165) is 0 Å². The van der Waals surface area contributed by atoms with Crippen molar-refractivity contribution in [3.05, 3.63) is 35.9 Å². The lowest BCUT2D eigenvalue weighted by molar-refractivity contribution is -0.526. The minimum absolute atomic E-state index is 0.649. The van der Waals surface area contributed by atoms with Crippen molar-refractivity contribution in [1.29, 1.82) is 0 Å². The van der Waals surface area contributed by atoms with Crippen molar-refractivity contribution in [2.45, 2.75) is 38.6 Å². The minimum atomic E-state index is 0.649. The summed E-state index contributed by atoms with van der Waals surface area (Å²) in [5.74, 6) is 0.649. The maximum Gasteiger partial charge on any atom is 0.159 e. The molecule has 1 heteroatoms. The summed E-state index contributed by atoms with van der Waals surface area (Å²) in [4.78, 5) is 0. The molecule has 0 aromatic heterocycles. The predicted octanol–water partition coefficient (Wildman–Crippen LogP) is 3.06. The summed E-state index contributed by atoms with van der Waals surface area (Å²) < 4.78 is 2.46. The van der Waals surface area contributed by atoms with Crippen LogP contribution >= 0.6 is 0 Å². The van der Waals surface area contributed by atoms with Crippen molar-refractivity contribution in [3.63, 3.8) is 0 Å². The molecule has 0 fully saturated rings. The smallest absolute Gasteiger partial charge is 0.159 e. The van der Waals surface area contributed by atoms with Gasteiger partial charge in [-0.05, 0) is 12.5 Å². The third-order valence-corrected chi connectivity index (χ3v) is 3.66. The molecule has 1 aromatic rings. The molecule has 0 N–H and O–H groups in total. The fraction of sp³-hybridized carbons (Fsp3) is 0.500. The summed E-state index contributed by atoms with van der Waals surface area (Å²) in [5.41, 5.74) is 3.07. The first kappa shape index (κ1) is 10.4. The van der Waals surface area contributed by atoms with Crippen LogP contribution in [0.1, 0.15) is 38.2 Å². The van der Waals surface area contributed by atoms with Crippen LogP contribution in [0.2, 0.25) is 0 Å². The van der Waals surface area contributed by atoms with Gasteiger partial charge < -0.3 is 0 Å². The second-order valence-electron chi connectivity index (χ2n) is 4.50. The molecule has 1 nitrogen and oxygen atoms in total. The summed E-state index contributed by atoms with van der Waals surface area (Å²) in [6.45, 7) is 4.58. The Morgan fingerprint density at radius 2 is 1.93 bits per heavy atom. The molecular weight excluding hydrogens is 182 g/mol. The van der Waals surface area contributed by atoms with E-state index in [-0.39, 0.29) is 0 Å². The Kier molecular flexibility index (Phi) is 2.90. The van der Waals surface area contributed by atoms with E-state index in [0.29, 0.717) is 12.0 Å². The van der Waals surface area contributed by atoms with Gasteiger partial charge in [0.1, 0.15) is 7.05 Å². The monoisotopic (exact) mass is 202 g/mol. The highest BCUT2D eigenvalue weighted by Crippen LogP contribution is 2.30. The Balaban J connectivity index is 2.33. The normalized spacial score (nSPS) is 26.1. The van der Waals surface area contributed by atoms with Crippen LogP contribution in [-0.2, 0) is 0 Å². The molecule has 0 spiro atoms. The van der Waals surface area contributed by atoms with Gasteiger partial charge in [0.25, 0.3) is 0 Å². The van der Waals surface area contributed by atoms with Gasteiger partial charge in [-0.25, -0.2) is 4.58 Å². The van der Waals surface area contributed by atoms with Crippen molar-refractivity contribution >= 4 is 5.71 Å². The summed E-state index contributed by atoms with van der Waals surface area (Å²) in [6, 6.07) is 11.6. The van der Waals surface area contributed by atoms with Gasteiger partial charge in [0.15, 0.2) is 11.8 Å². The molecule has 0 saturated heterocycles. The van der Waals surface area contributed by atoms with E-state index >= 15 is 0 Å². The van der Waals surface area contributed by atoms with Crippen molar-refractivity contribution in [3.8, 4) is 0 Å². The molecule has 2 rings (SSSR count). The Hall–Kier alpha value is -1.11. The van der Waals surface area contributed by atoms with E-state index in [9.17, 15) is 0 Å². The largest absolute Gasteiger partial charge is 0.237 e. The lowest BCUT2D eigenvalue weighted by Crippen LogP contribution is -2.17. The summed E-state index contributed by atoms with van der Waals surface area (Å²) >= 11 is 0. The molecule has 0 saturated carbocycles. The van der Waals surface area contributed by atoms with Crippen LogP contribution < -0.4 is 0 Å².